The van der Waals surface area contributed by atoms with Gasteiger partial charge in [-0.3, -0.25) is 0 Å². The van der Waals surface area contributed by atoms with Gasteiger partial charge < -0.3 is 9.47 Å². The molecule has 0 bridgehead atoms. The largest absolute Gasteiger partial charge is 0.460 e. The molecule has 0 amide bonds. The van der Waals surface area contributed by atoms with Crippen LogP contribution in [0.4, 0.5) is 39.5 Å². The molecule has 0 spiro atoms. The normalized spacial score (nSPS) is 35.2. The van der Waals surface area contributed by atoms with Crippen molar-refractivity contribution in [1.29, 1.82) is 0 Å². The van der Waals surface area contributed by atoms with Crippen LogP contribution in [-0.4, -0.2) is 41.4 Å². The Kier molecular flexibility index (Phi) is 7.17. The van der Waals surface area contributed by atoms with Gasteiger partial charge in [0.15, 0.2) is 0 Å². The molecule has 0 aromatic carbocycles. The first-order valence-electron chi connectivity index (χ1n) is 12.4. The minimum atomic E-state index is -6.64. The Hall–Kier alpha value is -1.92. The molecular formula is C25H26ClF9O4. The number of fused-ring (bicyclic) bond motifs is 5. The van der Waals surface area contributed by atoms with E-state index in [0.29, 0.717) is 38.5 Å². The first-order chi connectivity index (χ1) is 17.7. The number of hydrogen-bond donors (Lipinski definition) is 0. The van der Waals surface area contributed by atoms with Gasteiger partial charge >= 0.3 is 35.3 Å². The van der Waals surface area contributed by atoms with Crippen LogP contribution in [0.15, 0.2) is 23.5 Å². The molecule has 0 heterocycles. The monoisotopic (exact) mass is 596 g/mol. The number of ether oxygens (including phenoxy) is 2. The van der Waals surface area contributed by atoms with Gasteiger partial charge in [-0.2, -0.15) is 39.5 Å². The first kappa shape index (κ1) is 30.0. The van der Waals surface area contributed by atoms with Crippen LogP contribution in [0.3, 0.4) is 0 Å². The van der Waals surface area contributed by atoms with Crippen LogP contribution < -0.4 is 0 Å². The molecule has 0 aromatic heterocycles. The molecule has 4 aliphatic rings. The topological polar surface area (TPSA) is 52.6 Å². The van der Waals surface area contributed by atoms with Crippen molar-refractivity contribution in [3.8, 4) is 0 Å². The van der Waals surface area contributed by atoms with E-state index < -0.39 is 52.3 Å². The highest BCUT2D eigenvalue weighted by Gasteiger charge is 2.77. The molecule has 6 atom stereocenters. The van der Waals surface area contributed by atoms with Crippen molar-refractivity contribution in [1.82, 2.24) is 0 Å². The summed E-state index contributed by atoms with van der Waals surface area (Å²) in [5.74, 6) is -17.7. The average molecular weight is 597 g/mol. The van der Waals surface area contributed by atoms with E-state index in [2.05, 4.69) is 0 Å². The van der Waals surface area contributed by atoms with E-state index in [1.165, 1.54) is 12.2 Å². The maximum atomic E-state index is 13.9. The molecule has 0 saturated heterocycles. The molecule has 39 heavy (non-hydrogen) atoms. The van der Waals surface area contributed by atoms with E-state index in [9.17, 15) is 49.1 Å². The second-order valence-electron chi connectivity index (χ2n) is 11.4. The van der Waals surface area contributed by atoms with Crippen molar-refractivity contribution in [2.75, 3.05) is 0 Å². The van der Waals surface area contributed by atoms with Gasteiger partial charge in [0.25, 0.3) is 0 Å². The molecule has 0 aliphatic heterocycles. The van der Waals surface area contributed by atoms with Crippen molar-refractivity contribution in [2.24, 2.45) is 28.6 Å². The Morgan fingerprint density at radius 3 is 2.15 bits per heavy atom. The van der Waals surface area contributed by atoms with Crippen LogP contribution >= 0.6 is 11.6 Å². The van der Waals surface area contributed by atoms with E-state index in [-0.39, 0.29) is 29.9 Å². The van der Waals surface area contributed by atoms with Crippen LogP contribution in [0.5, 0.6) is 0 Å². The lowest BCUT2D eigenvalue weighted by molar-refractivity contribution is -0.349. The standard InChI is InChI=1S/C25H26ClF9O4/c1-20-9-7-13(38-19(37)23(26,29)30)11-12(20)3-4-14-15-5-6-17(21(15,2)10-8-16(14)20)39-18(36)22(27,28)24(31,32)25(33,34)35/h7,11,14-17H,3-6,8-10H2,1-2H3/t14?,15?,16?,17-,20-,21-/m0/s1. The smallest absolute Gasteiger partial charge is 0.457 e. The zero-order valence-electron chi connectivity index (χ0n) is 20.8. The summed E-state index contributed by atoms with van der Waals surface area (Å²) in [6.07, 6.45) is -2.12. The Morgan fingerprint density at radius 2 is 1.56 bits per heavy atom. The van der Waals surface area contributed by atoms with Crippen molar-refractivity contribution in [2.45, 2.75) is 88.3 Å². The van der Waals surface area contributed by atoms with Gasteiger partial charge in [0, 0.05) is 5.41 Å². The Bertz CT molecular complexity index is 1100. The third kappa shape index (κ3) is 4.73. The molecule has 3 fully saturated rings. The predicted octanol–water partition coefficient (Wildman–Crippen LogP) is 7.56. The summed E-state index contributed by atoms with van der Waals surface area (Å²) in [7, 11) is 0. The Morgan fingerprint density at radius 1 is 0.923 bits per heavy atom. The third-order valence-corrected chi connectivity index (χ3v) is 9.55. The van der Waals surface area contributed by atoms with Crippen molar-refractivity contribution in [3.05, 3.63) is 23.5 Å². The molecule has 220 valence electrons. The second kappa shape index (κ2) is 9.30. The SMILES string of the molecule is C[C@]12CC=C(OC(=O)C(F)(F)Cl)C=C1CCC1C2CC[C@@]2(C)C1CC[C@@H]2OC(=O)C(F)(F)C(F)(F)C(F)(F)F. The summed E-state index contributed by atoms with van der Waals surface area (Å²) in [6.45, 7) is 3.66. The zero-order valence-corrected chi connectivity index (χ0v) is 21.6. The summed E-state index contributed by atoms with van der Waals surface area (Å²) in [6, 6.07) is 0. The maximum Gasteiger partial charge on any atom is 0.460 e. The molecular weight excluding hydrogens is 571 g/mol. The van der Waals surface area contributed by atoms with E-state index in [0.717, 1.165) is 5.57 Å². The lowest BCUT2D eigenvalue weighted by Crippen LogP contribution is -2.58. The summed E-state index contributed by atoms with van der Waals surface area (Å²) in [5.41, 5.74) is -0.472. The van der Waals surface area contributed by atoms with Gasteiger partial charge in [0.2, 0.25) is 0 Å². The lowest BCUT2D eigenvalue weighted by atomic mass is 9.48. The molecule has 0 N–H and O–H groups in total. The number of rotatable bonds is 5. The summed E-state index contributed by atoms with van der Waals surface area (Å²) in [4.78, 5) is 23.4. The number of allylic oxidation sites excluding steroid dienone is 3. The van der Waals surface area contributed by atoms with Crippen molar-refractivity contribution < 1.29 is 58.6 Å². The van der Waals surface area contributed by atoms with Crippen LogP contribution in [-0.2, 0) is 19.1 Å². The fraction of sp³-hybridized carbons (Fsp3) is 0.760. The third-order valence-electron chi connectivity index (χ3n) is 9.39. The summed E-state index contributed by atoms with van der Waals surface area (Å²) >= 11 is 4.72. The van der Waals surface area contributed by atoms with Crippen LogP contribution in [0.2, 0.25) is 0 Å². The first-order valence-corrected chi connectivity index (χ1v) is 12.8. The maximum absolute atomic E-state index is 13.9. The minimum Gasteiger partial charge on any atom is -0.457 e. The number of esters is 2. The fourth-order valence-corrected chi connectivity index (χ4v) is 7.32. The molecule has 4 nitrogen and oxygen atoms in total. The molecule has 4 rings (SSSR count). The number of alkyl halides is 10. The highest BCUT2D eigenvalue weighted by Crippen LogP contribution is 2.66. The number of carbonyl (C=O) groups excluding carboxylic acids is 2. The highest BCUT2D eigenvalue weighted by molar-refractivity contribution is 6.31. The summed E-state index contributed by atoms with van der Waals surface area (Å²) in [5, 5.41) is -4.18. The van der Waals surface area contributed by atoms with E-state index in [1.807, 2.05) is 6.92 Å². The predicted molar refractivity (Wildman–Crippen MR) is 118 cm³/mol. The molecule has 0 aromatic rings. The van der Waals surface area contributed by atoms with E-state index in [4.69, 9.17) is 21.1 Å². The van der Waals surface area contributed by atoms with E-state index >= 15 is 0 Å². The van der Waals surface area contributed by atoms with Gasteiger partial charge in [-0.1, -0.05) is 19.4 Å². The minimum absolute atomic E-state index is 0.00333. The fourth-order valence-electron chi connectivity index (χ4n) is 7.28. The van der Waals surface area contributed by atoms with Gasteiger partial charge in [0.1, 0.15) is 11.9 Å². The number of carbonyl (C=O) groups is 2. The van der Waals surface area contributed by atoms with Gasteiger partial charge in [-0.25, -0.2) is 9.59 Å². The number of halogens is 10. The molecule has 0 radical (unpaired) electrons. The van der Waals surface area contributed by atoms with Crippen molar-refractivity contribution in [3.63, 3.8) is 0 Å². The zero-order chi connectivity index (χ0) is 29.4. The molecule has 3 saturated carbocycles. The highest BCUT2D eigenvalue weighted by atomic mass is 35.5. The Balaban J connectivity index is 1.49. The van der Waals surface area contributed by atoms with E-state index in [1.54, 1.807) is 6.92 Å². The van der Waals surface area contributed by atoms with Crippen LogP contribution in [0.1, 0.15) is 58.8 Å². The molecule has 4 aliphatic carbocycles. The lowest BCUT2D eigenvalue weighted by Gasteiger charge is -2.57. The molecule has 3 unspecified atom stereocenters. The van der Waals surface area contributed by atoms with Gasteiger partial charge in [-0.05, 0) is 91.9 Å². The average Bonchev–Trinajstić information content (AvgIpc) is 3.13. The van der Waals surface area contributed by atoms with Crippen LogP contribution in [0, 0.1) is 28.6 Å². The Labute approximate surface area is 222 Å². The molecule has 14 heteroatoms. The van der Waals surface area contributed by atoms with Crippen molar-refractivity contribution >= 4 is 23.5 Å². The quantitative estimate of drug-likeness (QED) is 0.187. The van der Waals surface area contributed by atoms with Gasteiger partial charge in [0.05, 0.1) is 0 Å². The second-order valence-corrected chi connectivity index (χ2v) is 11.8. The van der Waals surface area contributed by atoms with Crippen LogP contribution in [0.25, 0.3) is 0 Å². The summed E-state index contributed by atoms with van der Waals surface area (Å²) < 4.78 is 128. The van der Waals surface area contributed by atoms with Gasteiger partial charge in [-0.15, -0.1) is 0 Å². The number of hydrogen-bond acceptors (Lipinski definition) is 4.